The number of benzene rings is 1. The molecule has 0 N–H and O–H groups in total. The number of carbonyl (C=O) groups excluding carboxylic acids is 1. The monoisotopic (exact) mass is 364 g/mol. The van der Waals surface area contributed by atoms with E-state index in [0.717, 1.165) is 20.1 Å². The number of rotatable bonds is 4. The third kappa shape index (κ3) is 3.31. The van der Waals surface area contributed by atoms with Crippen LogP contribution in [0.15, 0.2) is 16.5 Å². The van der Waals surface area contributed by atoms with Crippen molar-refractivity contribution in [3.8, 4) is 16.9 Å². The molecule has 0 saturated carbocycles. The maximum Gasteiger partial charge on any atom is 0.449 e. The molecule has 0 spiro atoms. The summed E-state index contributed by atoms with van der Waals surface area (Å²) < 4.78 is 80.8. The molecule has 1 heterocycles. The Balaban J connectivity index is 2.83. The summed E-state index contributed by atoms with van der Waals surface area (Å²) in [5.74, 6) is -6.67. The number of alkyl halides is 3. The molecule has 25 heavy (non-hydrogen) atoms. The normalized spacial score (nSPS) is 11.5. The summed E-state index contributed by atoms with van der Waals surface area (Å²) in [5, 5.41) is 0. The minimum atomic E-state index is -4.89. The van der Waals surface area contributed by atoms with Gasteiger partial charge in [0.2, 0.25) is 17.3 Å². The topological polar surface area (TPSA) is 48.7 Å². The highest BCUT2D eigenvalue weighted by molar-refractivity contribution is 5.97. The molecule has 2 aromatic rings. The van der Waals surface area contributed by atoms with Crippen molar-refractivity contribution in [2.24, 2.45) is 0 Å². The summed E-state index contributed by atoms with van der Waals surface area (Å²) >= 11 is 0. The van der Waals surface area contributed by atoms with Crippen molar-refractivity contribution in [3.63, 3.8) is 0 Å². The van der Waals surface area contributed by atoms with Gasteiger partial charge in [0.25, 0.3) is 0 Å². The average molecular weight is 364 g/mol. The fourth-order valence-corrected chi connectivity index (χ4v) is 2.38. The van der Waals surface area contributed by atoms with Gasteiger partial charge in [-0.3, -0.25) is 0 Å². The number of furan rings is 1. The Labute approximate surface area is 139 Å². The second-order valence-electron chi connectivity index (χ2n) is 4.92. The largest absolute Gasteiger partial charge is 0.493 e. The standard InChI is InChI=1S/C16H13F5O4/c1-4-24-15(22)13-10(7(2)14(25-13)16(19,20)21)8-5-6-9(17)11(18)12(8)23-3/h5-6H,4H2,1-3H3. The van der Waals surface area contributed by atoms with E-state index in [1.807, 2.05) is 0 Å². The van der Waals surface area contributed by atoms with Gasteiger partial charge >= 0.3 is 12.1 Å². The number of hydrogen-bond donors (Lipinski definition) is 0. The van der Waals surface area contributed by atoms with Gasteiger partial charge in [-0.1, -0.05) is 0 Å². The summed E-state index contributed by atoms with van der Waals surface area (Å²) in [6.07, 6.45) is -4.89. The Hall–Kier alpha value is -2.58. The molecule has 0 amide bonds. The second kappa shape index (κ2) is 6.73. The first-order valence-electron chi connectivity index (χ1n) is 7.03. The highest BCUT2D eigenvalue weighted by Gasteiger charge is 2.41. The second-order valence-corrected chi connectivity index (χ2v) is 4.92. The van der Waals surface area contributed by atoms with Crippen LogP contribution in [0.2, 0.25) is 0 Å². The molecule has 0 bridgehead atoms. The molecule has 4 nitrogen and oxygen atoms in total. The fourth-order valence-electron chi connectivity index (χ4n) is 2.38. The van der Waals surface area contributed by atoms with Crippen molar-refractivity contribution in [1.29, 1.82) is 0 Å². The summed E-state index contributed by atoms with van der Waals surface area (Å²) in [6, 6.07) is 1.71. The fraction of sp³-hybridized carbons (Fsp3) is 0.312. The van der Waals surface area contributed by atoms with E-state index in [0.29, 0.717) is 6.07 Å². The highest BCUT2D eigenvalue weighted by Crippen LogP contribution is 2.44. The quantitative estimate of drug-likeness (QED) is 0.581. The molecule has 0 saturated heterocycles. The molecule has 0 aliphatic rings. The zero-order chi connectivity index (χ0) is 18.9. The van der Waals surface area contributed by atoms with Crippen LogP contribution in [-0.4, -0.2) is 19.7 Å². The van der Waals surface area contributed by atoms with E-state index in [-0.39, 0.29) is 17.7 Å². The molecular formula is C16H13F5O4. The predicted molar refractivity (Wildman–Crippen MR) is 76.3 cm³/mol. The molecule has 0 radical (unpaired) electrons. The summed E-state index contributed by atoms with van der Waals surface area (Å²) in [6.45, 7) is 2.38. The molecule has 0 atom stereocenters. The molecule has 1 aromatic carbocycles. The number of methoxy groups -OCH3 is 1. The van der Waals surface area contributed by atoms with Crippen molar-refractivity contribution < 1.29 is 40.6 Å². The summed E-state index contributed by atoms with van der Waals surface area (Å²) in [7, 11) is 1.02. The van der Waals surface area contributed by atoms with E-state index in [2.05, 4.69) is 9.15 Å². The molecule has 136 valence electrons. The molecule has 0 aliphatic heterocycles. The van der Waals surface area contributed by atoms with E-state index < -0.39 is 46.6 Å². The Morgan fingerprint density at radius 3 is 2.40 bits per heavy atom. The number of hydrogen-bond acceptors (Lipinski definition) is 4. The first-order chi connectivity index (χ1) is 11.6. The van der Waals surface area contributed by atoms with Crippen molar-refractivity contribution in [3.05, 3.63) is 40.9 Å². The van der Waals surface area contributed by atoms with Crippen LogP contribution in [0, 0.1) is 18.6 Å². The van der Waals surface area contributed by atoms with Crippen molar-refractivity contribution in [2.75, 3.05) is 13.7 Å². The Bertz CT molecular complexity index is 808. The Morgan fingerprint density at radius 1 is 1.24 bits per heavy atom. The van der Waals surface area contributed by atoms with Crippen molar-refractivity contribution >= 4 is 5.97 Å². The third-order valence-corrected chi connectivity index (χ3v) is 3.39. The van der Waals surface area contributed by atoms with Gasteiger partial charge in [-0.05, 0) is 26.0 Å². The predicted octanol–water partition coefficient (Wildman–Crippen LogP) is 4.74. The minimum absolute atomic E-state index is 0.117. The lowest BCUT2D eigenvalue weighted by Gasteiger charge is -2.11. The lowest BCUT2D eigenvalue weighted by Crippen LogP contribution is -2.06. The van der Waals surface area contributed by atoms with Crippen molar-refractivity contribution in [1.82, 2.24) is 0 Å². The van der Waals surface area contributed by atoms with E-state index in [4.69, 9.17) is 4.74 Å². The zero-order valence-electron chi connectivity index (χ0n) is 13.4. The molecule has 0 fully saturated rings. The van der Waals surface area contributed by atoms with Crippen LogP contribution in [0.5, 0.6) is 5.75 Å². The maximum absolute atomic E-state index is 13.9. The molecule has 0 unspecified atom stereocenters. The van der Waals surface area contributed by atoms with E-state index in [1.54, 1.807) is 0 Å². The van der Waals surface area contributed by atoms with Gasteiger partial charge in [0.15, 0.2) is 11.6 Å². The van der Waals surface area contributed by atoms with E-state index in [9.17, 15) is 26.7 Å². The van der Waals surface area contributed by atoms with Crippen molar-refractivity contribution in [2.45, 2.75) is 20.0 Å². The number of esters is 1. The van der Waals surface area contributed by atoms with Crippen LogP contribution >= 0.6 is 0 Å². The smallest absolute Gasteiger partial charge is 0.449 e. The lowest BCUT2D eigenvalue weighted by molar-refractivity contribution is -0.153. The van der Waals surface area contributed by atoms with E-state index in [1.165, 1.54) is 6.92 Å². The van der Waals surface area contributed by atoms with Gasteiger partial charge in [-0.25, -0.2) is 9.18 Å². The highest BCUT2D eigenvalue weighted by atomic mass is 19.4. The van der Waals surface area contributed by atoms with Gasteiger partial charge in [-0.15, -0.1) is 0 Å². The van der Waals surface area contributed by atoms with Crippen LogP contribution in [-0.2, 0) is 10.9 Å². The molecule has 1 aromatic heterocycles. The summed E-state index contributed by atoms with van der Waals surface area (Å²) in [5.41, 5.74) is -1.11. The minimum Gasteiger partial charge on any atom is -0.493 e. The van der Waals surface area contributed by atoms with Crippen LogP contribution in [0.25, 0.3) is 11.1 Å². The molecule has 0 aliphatic carbocycles. The lowest BCUT2D eigenvalue weighted by atomic mass is 9.99. The number of ether oxygens (including phenoxy) is 2. The molecular weight excluding hydrogens is 351 g/mol. The van der Waals surface area contributed by atoms with Gasteiger partial charge in [0.1, 0.15) is 0 Å². The SMILES string of the molecule is CCOC(=O)c1oc(C(F)(F)F)c(C)c1-c1ccc(F)c(F)c1OC. The average Bonchev–Trinajstić information content (AvgIpc) is 2.87. The molecule has 9 heteroatoms. The number of carbonyl (C=O) groups is 1. The maximum atomic E-state index is 13.9. The first-order valence-corrected chi connectivity index (χ1v) is 7.03. The van der Waals surface area contributed by atoms with Crippen LogP contribution in [0.4, 0.5) is 22.0 Å². The summed E-state index contributed by atoms with van der Waals surface area (Å²) in [4.78, 5) is 12.0. The first kappa shape index (κ1) is 18.8. The van der Waals surface area contributed by atoms with Crippen LogP contribution in [0.3, 0.4) is 0 Å². The van der Waals surface area contributed by atoms with Gasteiger partial charge in [-0.2, -0.15) is 17.6 Å². The Kier molecular flexibility index (Phi) is 5.05. The number of halogens is 5. The third-order valence-electron chi connectivity index (χ3n) is 3.39. The van der Waals surface area contributed by atoms with Gasteiger partial charge < -0.3 is 13.9 Å². The Morgan fingerprint density at radius 2 is 1.88 bits per heavy atom. The van der Waals surface area contributed by atoms with E-state index >= 15 is 0 Å². The van der Waals surface area contributed by atoms with Gasteiger partial charge in [0, 0.05) is 16.7 Å². The zero-order valence-corrected chi connectivity index (χ0v) is 13.4. The van der Waals surface area contributed by atoms with Crippen LogP contribution < -0.4 is 4.74 Å². The van der Waals surface area contributed by atoms with Crippen LogP contribution in [0.1, 0.15) is 28.8 Å². The van der Waals surface area contributed by atoms with Gasteiger partial charge in [0.05, 0.1) is 13.7 Å². The molecule has 2 rings (SSSR count).